The quantitative estimate of drug-likeness (QED) is 0.599. The molecule has 0 aromatic heterocycles. The van der Waals surface area contributed by atoms with Crippen LogP contribution in [-0.4, -0.2) is 67.3 Å². The molecule has 8 heteroatoms. The van der Waals surface area contributed by atoms with Crippen LogP contribution >= 0.6 is 0 Å². The number of ether oxygens (including phenoxy) is 1. The Hall–Kier alpha value is -1.83. The zero-order valence-corrected chi connectivity index (χ0v) is 12.6. The van der Waals surface area contributed by atoms with Crippen molar-refractivity contribution < 1.29 is 24.2 Å². The molecule has 0 bridgehead atoms. The summed E-state index contributed by atoms with van der Waals surface area (Å²) in [6.45, 7) is 3.78. The molecule has 21 heavy (non-hydrogen) atoms. The van der Waals surface area contributed by atoms with Gasteiger partial charge in [-0.05, 0) is 25.9 Å². The molecule has 0 aromatic carbocycles. The highest BCUT2D eigenvalue weighted by Gasteiger charge is 2.28. The molecule has 1 saturated heterocycles. The van der Waals surface area contributed by atoms with Crippen molar-refractivity contribution in [1.29, 1.82) is 0 Å². The van der Waals surface area contributed by atoms with Crippen molar-refractivity contribution in [3.05, 3.63) is 0 Å². The Balaban J connectivity index is 2.50. The number of esters is 1. The third-order valence-corrected chi connectivity index (χ3v) is 3.63. The number of hydrogen-bond donors (Lipinski definition) is 3. The number of hydrogen-bond acceptors (Lipinski definition) is 5. The first-order valence-corrected chi connectivity index (χ1v) is 6.88. The number of nitrogens with one attached hydrogen (secondary N) is 2. The van der Waals surface area contributed by atoms with E-state index in [1.54, 1.807) is 0 Å². The average Bonchev–Trinajstić information content (AvgIpc) is 2.40. The number of carbonyl (C=O) groups is 3. The summed E-state index contributed by atoms with van der Waals surface area (Å²) in [4.78, 5) is 36.2. The number of aliphatic carboxylic acids is 1. The van der Waals surface area contributed by atoms with Gasteiger partial charge in [-0.1, -0.05) is 6.92 Å². The Kier molecular flexibility index (Phi) is 6.41. The highest BCUT2D eigenvalue weighted by molar-refractivity contribution is 5.86. The second-order valence-electron chi connectivity index (χ2n) is 5.42. The third-order valence-electron chi connectivity index (χ3n) is 3.63. The van der Waals surface area contributed by atoms with Gasteiger partial charge in [0, 0.05) is 12.6 Å². The minimum absolute atomic E-state index is 0.00577. The van der Waals surface area contributed by atoms with Crippen molar-refractivity contribution in [2.75, 3.05) is 27.2 Å². The Morgan fingerprint density at radius 3 is 2.62 bits per heavy atom. The lowest BCUT2D eigenvalue weighted by Crippen LogP contribution is -2.54. The fraction of sp³-hybridized carbons (Fsp3) is 0.769. The normalized spacial score (nSPS) is 24.0. The molecule has 3 atom stereocenters. The molecule has 1 aliphatic rings. The first kappa shape index (κ1) is 17.2. The zero-order chi connectivity index (χ0) is 16.0. The molecule has 0 aliphatic carbocycles. The number of urea groups is 1. The molecule has 3 N–H and O–H groups in total. The number of carboxylic acid groups (broad SMARTS) is 1. The van der Waals surface area contributed by atoms with Crippen molar-refractivity contribution in [1.82, 2.24) is 15.5 Å². The van der Waals surface area contributed by atoms with E-state index >= 15 is 0 Å². The number of likely N-dealkylation sites (tertiary alicyclic amines) is 1. The van der Waals surface area contributed by atoms with Gasteiger partial charge >= 0.3 is 18.0 Å². The number of nitrogens with zero attached hydrogens (tertiary/aromatic N) is 1. The Morgan fingerprint density at radius 1 is 1.43 bits per heavy atom. The Bertz CT molecular complexity index is 401. The molecule has 1 rings (SSSR count). The van der Waals surface area contributed by atoms with E-state index in [-0.39, 0.29) is 12.0 Å². The summed E-state index contributed by atoms with van der Waals surface area (Å²) in [6.07, 6.45) is 0.405. The highest BCUT2D eigenvalue weighted by atomic mass is 16.5. The second-order valence-corrected chi connectivity index (χ2v) is 5.42. The van der Waals surface area contributed by atoms with Crippen LogP contribution in [0.15, 0.2) is 0 Å². The third kappa shape index (κ3) is 5.58. The number of carbonyl (C=O) groups excluding carboxylic acids is 2. The van der Waals surface area contributed by atoms with Gasteiger partial charge in [-0.3, -0.25) is 4.79 Å². The molecular formula is C13H23N3O5. The number of carboxylic acids is 1. The van der Waals surface area contributed by atoms with E-state index < -0.39 is 30.4 Å². The summed E-state index contributed by atoms with van der Waals surface area (Å²) < 4.78 is 4.41. The van der Waals surface area contributed by atoms with Crippen LogP contribution in [0.2, 0.25) is 0 Å². The topological polar surface area (TPSA) is 108 Å². The zero-order valence-electron chi connectivity index (χ0n) is 12.6. The van der Waals surface area contributed by atoms with Crippen molar-refractivity contribution in [2.24, 2.45) is 5.92 Å². The van der Waals surface area contributed by atoms with Crippen LogP contribution < -0.4 is 10.6 Å². The lowest BCUT2D eigenvalue weighted by atomic mass is 9.94. The van der Waals surface area contributed by atoms with Crippen molar-refractivity contribution in [3.8, 4) is 0 Å². The van der Waals surface area contributed by atoms with Crippen LogP contribution in [0.1, 0.15) is 19.8 Å². The standard InChI is InChI=1S/C13H23N3O5/c1-8-7-16(2)5-4-9(8)14-13(20)15-10(12(18)19)6-11(17)21-3/h8-10H,4-7H2,1-3H3,(H,18,19)(H2,14,15,20)/t8?,9?,10-/m0/s1. The summed E-state index contributed by atoms with van der Waals surface area (Å²) in [5.74, 6) is -1.68. The highest BCUT2D eigenvalue weighted by Crippen LogP contribution is 2.15. The molecule has 0 spiro atoms. The van der Waals surface area contributed by atoms with Crippen LogP contribution in [-0.2, 0) is 14.3 Å². The summed E-state index contributed by atoms with van der Waals surface area (Å²) in [5.41, 5.74) is 0. The predicted molar refractivity (Wildman–Crippen MR) is 74.8 cm³/mol. The Morgan fingerprint density at radius 2 is 2.10 bits per heavy atom. The van der Waals surface area contributed by atoms with Gasteiger partial charge in [0.2, 0.25) is 0 Å². The smallest absolute Gasteiger partial charge is 0.326 e. The number of amides is 2. The van der Waals surface area contributed by atoms with Gasteiger partial charge in [-0.2, -0.15) is 0 Å². The second kappa shape index (κ2) is 7.82. The minimum atomic E-state index is -1.29. The van der Waals surface area contributed by atoms with Gasteiger partial charge in [0.1, 0.15) is 6.04 Å². The van der Waals surface area contributed by atoms with Gasteiger partial charge in [-0.25, -0.2) is 9.59 Å². The maximum atomic E-state index is 11.9. The van der Waals surface area contributed by atoms with E-state index in [2.05, 4.69) is 20.3 Å². The van der Waals surface area contributed by atoms with Crippen molar-refractivity contribution in [2.45, 2.75) is 31.8 Å². The molecular weight excluding hydrogens is 278 g/mol. The molecule has 2 unspecified atom stereocenters. The molecule has 8 nitrogen and oxygen atoms in total. The van der Waals surface area contributed by atoms with E-state index in [4.69, 9.17) is 5.11 Å². The van der Waals surface area contributed by atoms with Gasteiger partial charge in [0.15, 0.2) is 0 Å². The van der Waals surface area contributed by atoms with Crippen LogP contribution in [0, 0.1) is 5.92 Å². The summed E-state index contributed by atoms with van der Waals surface area (Å²) in [7, 11) is 3.19. The lowest BCUT2D eigenvalue weighted by Gasteiger charge is -2.35. The predicted octanol–water partition coefficient (Wildman–Crippen LogP) is -0.358. The Labute approximate surface area is 123 Å². The average molecular weight is 301 g/mol. The maximum absolute atomic E-state index is 11.9. The van der Waals surface area contributed by atoms with E-state index in [0.29, 0.717) is 0 Å². The van der Waals surface area contributed by atoms with Crippen LogP contribution in [0.5, 0.6) is 0 Å². The first-order chi connectivity index (χ1) is 9.83. The van der Waals surface area contributed by atoms with Gasteiger partial charge in [-0.15, -0.1) is 0 Å². The monoisotopic (exact) mass is 301 g/mol. The molecule has 1 aliphatic heterocycles. The van der Waals surface area contributed by atoms with E-state index in [1.807, 2.05) is 14.0 Å². The van der Waals surface area contributed by atoms with Gasteiger partial charge in [0.25, 0.3) is 0 Å². The first-order valence-electron chi connectivity index (χ1n) is 6.88. The molecule has 0 aromatic rings. The molecule has 120 valence electrons. The molecule has 0 radical (unpaired) electrons. The fourth-order valence-electron chi connectivity index (χ4n) is 2.39. The summed E-state index contributed by atoms with van der Waals surface area (Å²) >= 11 is 0. The van der Waals surface area contributed by atoms with Gasteiger partial charge in [0.05, 0.1) is 13.5 Å². The van der Waals surface area contributed by atoms with Crippen LogP contribution in [0.4, 0.5) is 4.79 Å². The van der Waals surface area contributed by atoms with Crippen molar-refractivity contribution >= 4 is 18.0 Å². The molecule has 2 amide bonds. The number of methoxy groups -OCH3 is 1. The van der Waals surface area contributed by atoms with E-state index in [0.717, 1.165) is 19.5 Å². The molecule has 1 fully saturated rings. The van der Waals surface area contributed by atoms with Crippen LogP contribution in [0.25, 0.3) is 0 Å². The molecule has 0 saturated carbocycles. The summed E-state index contributed by atoms with van der Waals surface area (Å²) in [5, 5.41) is 14.1. The maximum Gasteiger partial charge on any atom is 0.326 e. The summed E-state index contributed by atoms with van der Waals surface area (Å²) in [6, 6.07) is -1.87. The fourth-order valence-corrected chi connectivity index (χ4v) is 2.39. The van der Waals surface area contributed by atoms with E-state index in [1.165, 1.54) is 7.11 Å². The van der Waals surface area contributed by atoms with Crippen LogP contribution in [0.3, 0.4) is 0 Å². The molecule has 1 heterocycles. The number of rotatable bonds is 5. The lowest BCUT2D eigenvalue weighted by molar-refractivity contribution is -0.147. The SMILES string of the molecule is COC(=O)C[C@H](NC(=O)NC1CCN(C)CC1C)C(=O)O. The van der Waals surface area contributed by atoms with Gasteiger partial charge < -0.3 is 25.4 Å². The van der Waals surface area contributed by atoms with Crippen molar-refractivity contribution in [3.63, 3.8) is 0 Å². The van der Waals surface area contributed by atoms with E-state index in [9.17, 15) is 14.4 Å². The number of piperidine rings is 1. The minimum Gasteiger partial charge on any atom is -0.480 e. The largest absolute Gasteiger partial charge is 0.480 e.